The van der Waals surface area contributed by atoms with Gasteiger partial charge in [-0.2, -0.15) is 0 Å². The van der Waals surface area contributed by atoms with Gasteiger partial charge in [0.1, 0.15) is 0 Å². The number of halogens is 1. The molecule has 0 atom stereocenters. The molecule has 0 saturated heterocycles. The summed E-state index contributed by atoms with van der Waals surface area (Å²) in [5.74, 6) is -0.232. The minimum atomic E-state index is -0.232. The second-order valence-corrected chi connectivity index (χ2v) is 3.56. The fourth-order valence-corrected chi connectivity index (χ4v) is 1.66. The molecule has 0 unspecified atom stereocenters. The Balaban J connectivity index is 2.59. The largest absolute Gasteiger partial charge is 0.304 e. The lowest BCUT2D eigenvalue weighted by atomic mass is 10.2. The van der Waals surface area contributed by atoms with Crippen molar-refractivity contribution in [2.75, 3.05) is 0 Å². The Morgan fingerprint density at radius 1 is 1.43 bits per heavy atom. The lowest BCUT2D eigenvalue weighted by Gasteiger charge is -2.01. The summed E-state index contributed by atoms with van der Waals surface area (Å²) >= 11 is 0. The first kappa shape index (κ1) is 9.19. The summed E-state index contributed by atoms with van der Waals surface area (Å²) in [6.45, 7) is 3.95. The van der Waals surface area contributed by atoms with E-state index in [0.717, 1.165) is 24.1 Å². The normalized spacial score (nSPS) is 11.1. The molecule has 0 amide bonds. The fraction of sp³-hybridized carbons (Fsp3) is 0.364. The number of imidazole rings is 1. The van der Waals surface area contributed by atoms with Crippen LogP contribution in [0.1, 0.15) is 24.6 Å². The standard InChI is InChI=1S/C11H13FN2/c1-3-4-9-5-10(12)11-13-8(2)6-14(11)7-9/h5-7H,3-4H2,1-2H3. The van der Waals surface area contributed by atoms with Crippen molar-refractivity contribution in [3.8, 4) is 0 Å². The Hall–Kier alpha value is -1.38. The molecule has 0 spiro atoms. The zero-order valence-corrected chi connectivity index (χ0v) is 8.42. The summed E-state index contributed by atoms with van der Waals surface area (Å²) in [6, 6.07) is 1.57. The zero-order valence-electron chi connectivity index (χ0n) is 8.42. The minimum absolute atomic E-state index is 0.232. The van der Waals surface area contributed by atoms with Crippen molar-refractivity contribution in [2.45, 2.75) is 26.7 Å². The molecule has 0 saturated carbocycles. The van der Waals surface area contributed by atoms with Crippen LogP contribution in [0.4, 0.5) is 4.39 Å². The number of nitrogens with zero attached hydrogens (tertiary/aromatic N) is 2. The maximum absolute atomic E-state index is 13.5. The molecule has 0 fully saturated rings. The van der Waals surface area contributed by atoms with Crippen LogP contribution in [0.25, 0.3) is 5.65 Å². The SMILES string of the molecule is CCCc1cc(F)c2nc(C)cn2c1. The predicted octanol–water partition coefficient (Wildman–Crippen LogP) is 2.73. The summed E-state index contributed by atoms with van der Waals surface area (Å²) in [4.78, 5) is 4.10. The van der Waals surface area contributed by atoms with Crippen LogP contribution in [0.15, 0.2) is 18.5 Å². The first-order valence-electron chi connectivity index (χ1n) is 4.84. The smallest absolute Gasteiger partial charge is 0.173 e. The van der Waals surface area contributed by atoms with Gasteiger partial charge in [0.25, 0.3) is 0 Å². The summed E-state index contributed by atoms with van der Waals surface area (Å²) in [5.41, 5.74) is 2.29. The quantitative estimate of drug-likeness (QED) is 0.715. The highest BCUT2D eigenvalue weighted by atomic mass is 19.1. The summed E-state index contributed by atoms with van der Waals surface area (Å²) in [6.07, 6.45) is 5.72. The number of fused-ring (bicyclic) bond motifs is 1. The molecular weight excluding hydrogens is 179 g/mol. The maximum atomic E-state index is 13.5. The molecule has 2 nitrogen and oxygen atoms in total. The van der Waals surface area contributed by atoms with Crippen molar-refractivity contribution in [3.05, 3.63) is 35.5 Å². The summed E-state index contributed by atoms with van der Waals surface area (Å²) in [5, 5.41) is 0. The van der Waals surface area contributed by atoms with E-state index in [-0.39, 0.29) is 5.82 Å². The molecule has 0 bridgehead atoms. The van der Waals surface area contributed by atoms with E-state index >= 15 is 0 Å². The van der Waals surface area contributed by atoms with Crippen molar-refractivity contribution in [2.24, 2.45) is 0 Å². The number of pyridine rings is 1. The van der Waals surface area contributed by atoms with Gasteiger partial charge < -0.3 is 4.40 Å². The highest BCUT2D eigenvalue weighted by molar-refractivity contribution is 5.43. The minimum Gasteiger partial charge on any atom is -0.304 e. The van der Waals surface area contributed by atoms with Crippen molar-refractivity contribution >= 4 is 5.65 Å². The van der Waals surface area contributed by atoms with Crippen LogP contribution in [0.5, 0.6) is 0 Å². The average molecular weight is 192 g/mol. The van der Waals surface area contributed by atoms with Crippen LogP contribution >= 0.6 is 0 Å². The first-order valence-corrected chi connectivity index (χ1v) is 4.84. The third kappa shape index (κ3) is 1.50. The second-order valence-electron chi connectivity index (χ2n) is 3.56. The monoisotopic (exact) mass is 192 g/mol. The Bertz CT molecular complexity index is 460. The summed E-state index contributed by atoms with van der Waals surface area (Å²) < 4.78 is 15.3. The maximum Gasteiger partial charge on any atom is 0.173 e. The van der Waals surface area contributed by atoms with E-state index < -0.39 is 0 Å². The molecule has 0 N–H and O–H groups in total. The number of rotatable bonds is 2. The van der Waals surface area contributed by atoms with Crippen molar-refractivity contribution in [3.63, 3.8) is 0 Å². The van der Waals surface area contributed by atoms with Crippen molar-refractivity contribution in [1.29, 1.82) is 0 Å². The van der Waals surface area contributed by atoms with E-state index in [4.69, 9.17) is 0 Å². The van der Waals surface area contributed by atoms with E-state index in [1.807, 2.05) is 19.3 Å². The van der Waals surface area contributed by atoms with Gasteiger partial charge >= 0.3 is 0 Å². The van der Waals surface area contributed by atoms with Gasteiger partial charge in [-0.1, -0.05) is 13.3 Å². The van der Waals surface area contributed by atoms with Crippen LogP contribution < -0.4 is 0 Å². The van der Waals surface area contributed by atoms with Gasteiger partial charge in [-0.25, -0.2) is 9.37 Å². The predicted molar refractivity (Wildman–Crippen MR) is 53.9 cm³/mol. The molecule has 14 heavy (non-hydrogen) atoms. The molecular formula is C11H13FN2. The van der Waals surface area contributed by atoms with Gasteiger partial charge in [-0.05, 0) is 25.0 Å². The van der Waals surface area contributed by atoms with E-state index in [1.165, 1.54) is 0 Å². The molecule has 0 aliphatic carbocycles. The molecule has 3 heteroatoms. The zero-order chi connectivity index (χ0) is 10.1. The molecule has 0 aliphatic rings. The molecule has 0 aromatic carbocycles. The highest BCUT2D eigenvalue weighted by Gasteiger charge is 2.05. The van der Waals surface area contributed by atoms with Gasteiger partial charge in [0.15, 0.2) is 11.5 Å². The molecule has 2 rings (SSSR count). The van der Waals surface area contributed by atoms with Crippen LogP contribution in [0, 0.1) is 12.7 Å². The van der Waals surface area contributed by atoms with E-state index in [2.05, 4.69) is 11.9 Å². The van der Waals surface area contributed by atoms with Gasteiger partial charge in [0.2, 0.25) is 0 Å². The lowest BCUT2D eigenvalue weighted by molar-refractivity contribution is 0.626. The Morgan fingerprint density at radius 3 is 2.93 bits per heavy atom. The van der Waals surface area contributed by atoms with E-state index in [9.17, 15) is 4.39 Å². The molecule has 2 aromatic rings. The van der Waals surface area contributed by atoms with E-state index in [0.29, 0.717) is 5.65 Å². The molecule has 2 heterocycles. The molecule has 0 aliphatic heterocycles. The number of aromatic nitrogens is 2. The average Bonchev–Trinajstić information content (AvgIpc) is 2.47. The lowest BCUT2D eigenvalue weighted by Crippen LogP contribution is -1.93. The topological polar surface area (TPSA) is 17.3 Å². The molecule has 0 radical (unpaired) electrons. The van der Waals surface area contributed by atoms with Gasteiger partial charge in [0.05, 0.1) is 5.69 Å². The third-order valence-electron chi connectivity index (χ3n) is 2.22. The molecule has 74 valence electrons. The summed E-state index contributed by atoms with van der Waals surface area (Å²) in [7, 11) is 0. The van der Waals surface area contributed by atoms with E-state index in [1.54, 1.807) is 10.5 Å². The third-order valence-corrected chi connectivity index (χ3v) is 2.22. The first-order chi connectivity index (χ1) is 6.70. The van der Waals surface area contributed by atoms with Crippen LogP contribution in [-0.4, -0.2) is 9.38 Å². The molecule has 2 aromatic heterocycles. The van der Waals surface area contributed by atoms with Gasteiger partial charge in [-0.3, -0.25) is 0 Å². The number of hydrogen-bond donors (Lipinski definition) is 0. The van der Waals surface area contributed by atoms with Gasteiger partial charge in [0, 0.05) is 12.4 Å². The van der Waals surface area contributed by atoms with Crippen LogP contribution in [0.3, 0.4) is 0 Å². The number of aryl methyl sites for hydroxylation is 2. The van der Waals surface area contributed by atoms with Gasteiger partial charge in [-0.15, -0.1) is 0 Å². The van der Waals surface area contributed by atoms with Crippen LogP contribution in [-0.2, 0) is 6.42 Å². The Kier molecular flexibility index (Phi) is 2.23. The van der Waals surface area contributed by atoms with Crippen LogP contribution in [0.2, 0.25) is 0 Å². The number of hydrogen-bond acceptors (Lipinski definition) is 1. The second kappa shape index (κ2) is 3.40. The Morgan fingerprint density at radius 2 is 2.21 bits per heavy atom. The highest BCUT2D eigenvalue weighted by Crippen LogP contribution is 2.13. The Labute approximate surface area is 82.4 Å². The van der Waals surface area contributed by atoms with Crippen molar-refractivity contribution < 1.29 is 4.39 Å². The van der Waals surface area contributed by atoms with Crippen molar-refractivity contribution in [1.82, 2.24) is 9.38 Å². The fourth-order valence-electron chi connectivity index (χ4n) is 1.66.